The Balaban J connectivity index is 2.13. The molecule has 0 unspecified atom stereocenters. The molecule has 0 radical (unpaired) electrons. The highest BCUT2D eigenvalue weighted by atomic mass is 79.9. The van der Waals surface area contributed by atoms with Crippen LogP contribution < -0.4 is 0 Å². The third-order valence-corrected chi connectivity index (χ3v) is 7.20. The first-order valence-corrected chi connectivity index (χ1v) is 11.1. The molecule has 2 aromatic carbocycles. The number of hydrogen-bond acceptors (Lipinski definition) is 3. The van der Waals surface area contributed by atoms with E-state index in [-0.39, 0.29) is 11.1 Å². The fraction of sp³-hybridized carbons (Fsp3) is 0.294. The lowest BCUT2D eigenvalue weighted by Gasteiger charge is -2.26. The van der Waals surface area contributed by atoms with E-state index >= 15 is 0 Å². The molecule has 0 atom stereocenters. The summed E-state index contributed by atoms with van der Waals surface area (Å²) in [7, 11) is -4.93. The summed E-state index contributed by atoms with van der Waals surface area (Å²) in [4.78, 5) is 0. The average molecular weight is 568 g/mol. The van der Waals surface area contributed by atoms with Crippen molar-refractivity contribution in [2.75, 3.05) is 13.2 Å². The van der Waals surface area contributed by atoms with Gasteiger partial charge in [-0.15, -0.1) is 0 Å². The number of halogens is 8. The van der Waals surface area contributed by atoms with Crippen molar-refractivity contribution in [1.82, 2.24) is 0 Å². The zero-order chi connectivity index (χ0) is 21.6. The van der Waals surface area contributed by atoms with Crippen LogP contribution >= 0.6 is 39.5 Å². The molecule has 0 fully saturated rings. The van der Waals surface area contributed by atoms with E-state index in [2.05, 4.69) is 40.9 Å². The molecule has 0 spiro atoms. The van der Waals surface area contributed by atoms with Gasteiger partial charge in [0.15, 0.2) is 13.2 Å². The van der Waals surface area contributed by atoms with Crippen LogP contribution in [0, 0.1) is 0 Å². The van der Waals surface area contributed by atoms with Crippen LogP contribution in [0.15, 0.2) is 45.3 Å². The molecule has 3 rings (SSSR count). The Bertz CT molecular complexity index is 903. The van der Waals surface area contributed by atoms with E-state index in [9.17, 15) is 30.9 Å². The highest BCUT2D eigenvalue weighted by Crippen LogP contribution is 2.69. The van der Waals surface area contributed by atoms with Crippen LogP contribution in [0.1, 0.15) is 16.8 Å². The Morgan fingerprint density at radius 1 is 0.793 bits per heavy atom. The minimum atomic E-state index is -4.93. The van der Waals surface area contributed by atoms with Crippen molar-refractivity contribution in [1.29, 1.82) is 0 Å². The third kappa shape index (κ3) is 5.25. The molecule has 29 heavy (non-hydrogen) atoms. The van der Waals surface area contributed by atoms with E-state index in [1.807, 2.05) is 0 Å². The van der Waals surface area contributed by atoms with Gasteiger partial charge in [-0.3, -0.25) is 13.6 Å². The molecule has 1 aliphatic carbocycles. The van der Waals surface area contributed by atoms with Crippen LogP contribution in [-0.4, -0.2) is 25.6 Å². The van der Waals surface area contributed by atoms with Crippen molar-refractivity contribution in [2.45, 2.75) is 18.0 Å². The molecule has 0 aliphatic heterocycles. The van der Waals surface area contributed by atoms with Gasteiger partial charge in [0.05, 0.1) is 0 Å². The van der Waals surface area contributed by atoms with Gasteiger partial charge in [-0.25, -0.2) is 0 Å². The second-order valence-corrected chi connectivity index (χ2v) is 10.1. The lowest BCUT2D eigenvalue weighted by molar-refractivity contribution is -0.165. The molecular weight excluding hydrogens is 557 g/mol. The number of fused-ring (bicyclic) bond motifs is 3. The molecule has 0 aromatic heterocycles. The zero-order valence-corrected chi connectivity index (χ0v) is 18.2. The Morgan fingerprint density at radius 2 is 1.17 bits per heavy atom. The Kier molecular flexibility index (Phi) is 6.29. The van der Waals surface area contributed by atoms with Crippen molar-refractivity contribution in [2.24, 2.45) is 0 Å². The first-order valence-electron chi connectivity index (χ1n) is 7.91. The first kappa shape index (κ1) is 22.8. The van der Waals surface area contributed by atoms with Gasteiger partial charge in [0.1, 0.15) is 5.66 Å². The van der Waals surface area contributed by atoms with Crippen molar-refractivity contribution in [3.63, 3.8) is 0 Å². The van der Waals surface area contributed by atoms with Crippen molar-refractivity contribution in [3.05, 3.63) is 56.5 Å². The summed E-state index contributed by atoms with van der Waals surface area (Å²) < 4.78 is 99.9. The summed E-state index contributed by atoms with van der Waals surface area (Å²) in [5.41, 5.74) is 0.0978. The van der Waals surface area contributed by atoms with Crippen LogP contribution in [0.25, 0.3) is 11.1 Å². The predicted octanol–water partition coefficient (Wildman–Crippen LogP) is 7.63. The van der Waals surface area contributed by atoms with Crippen LogP contribution in [0.3, 0.4) is 0 Å². The van der Waals surface area contributed by atoms with Crippen LogP contribution in [0.5, 0.6) is 0 Å². The highest BCUT2D eigenvalue weighted by Gasteiger charge is 2.48. The number of benzene rings is 2. The minimum absolute atomic E-state index is 0.258. The molecule has 1 aliphatic rings. The van der Waals surface area contributed by atoms with E-state index in [1.165, 1.54) is 12.1 Å². The molecule has 0 heterocycles. The van der Waals surface area contributed by atoms with E-state index < -0.39 is 38.8 Å². The second kappa shape index (κ2) is 8.00. The van der Waals surface area contributed by atoms with Gasteiger partial charge in [0.2, 0.25) is 0 Å². The molecular formula is C17H11Br2F6O3P. The molecule has 0 bridgehead atoms. The molecule has 158 valence electrons. The Labute approximate surface area is 178 Å². The molecule has 12 heteroatoms. The fourth-order valence-corrected chi connectivity index (χ4v) is 5.90. The van der Waals surface area contributed by atoms with Gasteiger partial charge in [-0.2, -0.15) is 26.3 Å². The summed E-state index contributed by atoms with van der Waals surface area (Å²) in [5.74, 6) is 0. The summed E-state index contributed by atoms with van der Waals surface area (Å²) in [6.07, 6.45) is -9.80. The summed E-state index contributed by atoms with van der Waals surface area (Å²) >= 11 is 6.56. The van der Waals surface area contributed by atoms with Gasteiger partial charge < -0.3 is 0 Å². The highest BCUT2D eigenvalue weighted by molar-refractivity contribution is 9.10. The maximum Gasteiger partial charge on any atom is 0.412 e. The average Bonchev–Trinajstić information content (AvgIpc) is 2.91. The largest absolute Gasteiger partial charge is 0.412 e. The topological polar surface area (TPSA) is 35.5 Å². The number of hydrogen-bond donors (Lipinski definition) is 0. The molecule has 0 amide bonds. The van der Waals surface area contributed by atoms with Crippen LogP contribution in [0.2, 0.25) is 0 Å². The van der Waals surface area contributed by atoms with Gasteiger partial charge in [0.25, 0.3) is 0 Å². The smallest absolute Gasteiger partial charge is 0.298 e. The maximum atomic E-state index is 13.3. The van der Waals surface area contributed by atoms with Crippen molar-refractivity contribution in [3.8, 4) is 11.1 Å². The van der Waals surface area contributed by atoms with Crippen molar-refractivity contribution >= 4 is 39.5 Å². The van der Waals surface area contributed by atoms with E-state index in [4.69, 9.17) is 0 Å². The lowest BCUT2D eigenvalue weighted by Crippen LogP contribution is -2.21. The second-order valence-electron chi connectivity index (χ2n) is 6.18. The van der Waals surface area contributed by atoms with E-state index in [1.54, 1.807) is 24.3 Å². The lowest BCUT2D eigenvalue weighted by atomic mass is 10.1. The monoisotopic (exact) mass is 566 g/mol. The van der Waals surface area contributed by atoms with Gasteiger partial charge in [0, 0.05) is 8.95 Å². The summed E-state index contributed by atoms with van der Waals surface area (Å²) in [5, 5.41) is 0. The molecule has 0 N–H and O–H groups in total. The molecule has 0 saturated carbocycles. The Hall–Kier alpha value is -0.870. The van der Waals surface area contributed by atoms with E-state index in [0.717, 1.165) is 0 Å². The van der Waals surface area contributed by atoms with Crippen molar-refractivity contribution < 1.29 is 40.0 Å². The van der Waals surface area contributed by atoms with E-state index in [0.29, 0.717) is 20.1 Å². The predicted molar refractivity (Wildman–Crippen MR) is 101 cm³/mol. The maximum absolute atomic E-state index is 13.3. The van der Waals surface area contributed by atoms with Gasteiger partial charge in [-0.05, 0) is 46.5 Å². The summed E-state index contributed by atoms with van der Waals surface area (Å²) in [6, 6.07) is 9.31. The molecule has 0 saturated heterocycles. The molecule has 2 aromatic rings. The normalized spacial score (nSPS) is 14.8. The van der Waals surface area contributed by atoms with Crippen LogP contribution in [0.4, 0.5) is 26.3 Å². The molecule has 3 nitrogen and oxygen atoms in total. The van der Waals surface area contributed by atoms with Gasteiger partial charge >= 0.3 is 19.9 Å². The number of rotatable bonds is 5. The minimum Gasteiger partial charge on any atom is -0.298 e. The fourth-order valence-electron chi connectivity index (χ4n) is 3.02. The third-order valence-electron chi connectivity index (χ3n) is 4.04. The first-order chi connectivity index (χ1) is 13.3. The SMILES string of the molecule is O=P(OCC(F)(F)F)(OCC(F)(F)F)C1c2ccc(Br)cc2-c2cc(Br)ccc21. The van der Waals surface area contributed by atoms with Gasteiger partial charge in [-0.1, -0.05) is 44.0 Å². The number of alkyl halides is 6. The quantitative estimate of drug-likeness (QED) is 0.275. The Morgan fingerprint density at radius 3 is 1.52 bits per heavy atom. The zero-order valence-electron chi connectivity index (χ0n) is 14.2. The summed E-state index contributed by atoms with van der Waals surface area (Å²) in [6.45, 7) is -4.01. The van der Waals surface area contributed by atoms with Crippen LogP contribution in [-0.2, 0) is 13.6 Å². The standard InChI is InChI=1S/C17H11Br2F6O3P/c18-9-1-3-11-13(5-9)14-6-10(19)2-4-12(14)15(11)29(26,27-7-16(20,21)22)28-8-17(23,24)25/h1-6,15H,7-8H2.